The van der Waals surface area contributed by atoms with Crippen molar-refractivity contribution in [3.05, 3.63) is 0 Å². The number of methoxy groups -OCH3 is 1. The number of rotatable bonds is 10. The van der Waals surface area contributed by atoms with E-state index in [1.807, 2.05) is 0 Å². The van der Waals surface area contributed by atoms with Gasteiger partial charge in [-0.3, -0.25) is 9.59 Å². The van der Waals surface area contributed by atoms with Crippen LogP contribution >= 0.6 is 0 Å². The molecule has 0 aliphatic heterocycles. The molecule has 1 N–H and O–H groups in total. The first-order valence-electron chi connectivity index (χ1n) is 6.09. The fourth-order valence-corrected chi connectivity index (χ4v) is 2.76. The smallest absolute Gasteiger partial charge is 0.303 e. The van der Waals surface area contributed by atoms with Crippen LogP contribution in [0, 0.1) is 0 Å². The number of hydrogen-bond acceptors (Lipinski definition) is 5. The lowest BCUT2D eigenvalue weighted by molar-refractivity contribution is -0.137. The zero-order valence-electron chi connectivity index (χ0n) is 12.0. The SMILES string of the molecule is COCCN(CC(=O)N(C)C)S(=O)(=O)CCCC(=O)O. The second-order valence-corrected chi connectivity index (χ2v) is 6.52. The van der Waals surface area contributed by atoms with Gasteiger partial charge in [-0.05, 0) is 6.42 Å². The van der Waals surface area contributed by atoms with E-state index in [1.165, 1.54) is 26.1 Å². The number of sulfonamides is 1. The molecule has 1 amide bonds. The summed E-state index contributed by atoms with van der Waals surface area (Å²) < 4.78 is 30.0. The summed E-state index contributed by atoms with van der Waals surface area (Å²) in [4.78, 5) is 23.3. The fraction of sp³-hybridized carbons (Fsp3) is 0.818. The summed E-state index contributed by atoms with van der Waals surface area (Å²) in [5, 5.41) is 8.52. The third-order valence-corrected chi connectivity index (χ3v) is 4.44. The Bertz CT molecular complexity index is 421. The Kier molecular flexibility index (Phi) is 8.35. The molecule has 0 heterocycles. The second kappa shape index (κ2) is 8.88. The molecule has 9 heteroatoms. The molecule has 0 saturated heterocycles. The summed E-state index contributed by atoms with van der Waals surface area (Å²) in [6.07, 6.45) is -0.212. The Hall–Kier alpha value is -1.19. The molecule has 20 heavy (non-hydrogen) atoms. The summed E-state index contributed by atoms with van der Waals surface area (Å²) in [5.41, 5.74) is 0. The molecule has 0 aromatic rings. The lowest BCUT2D eigenvalue weighted by Crippen LogP contribution is -2.42. The average Bonchev–Trinajstić information content (AvgIpc) is 2.32. The first-order valence-corrected chi connectivity index (χ1v) is 7.70. The van der Waals surface area contributed by atoms with Crippen molar-refractivity contribution in [2.24, 2.45) is 0 Å². The Morgan fingerprint density at radius 1 is 1.25 bits per heavy atom. The number of ether oxygens (including phenoxy) is 1. The molecule has 8 nitrogen and oxygen atoms in total. The molecule has 0 unspecified atom stereocenters. The predicted octanol–water partition coefficient (Wildman–Crippen LogP) is -0.782. The highest BCUT2D eigenvalue weighted by atomic mass is 32.2. The number of likely N-dealkylation sites (N-methyl/N-ethyl adjacent to an activating group) is 1. The Labute approximate surface area is 119 Å². The molecule has 118 valence electrons. The Morgan fingerprint density at radius 3 is 2.30 bits per heavy atom. The lowest BCUT2D eigenvalue weighted by Gasteiger charge is -2.22. The molecule has 0 aliphatic carbocycles. The van der Waals surface area contributed by atoms with E-state index in [9.17, 15) is 18.0 Å². The van der Waals surface area contributed by atoms with Gasteiger partial charge in [0.15, 0.2) is 0 Å². The van der Waals surface area contributed by atoms with Crippen LogP contribution < -0.4 is 0 Å². The van der Waals surface area contributed by atoms with Gasteiger partial charge in [-0.25, -0.2) is 8.42 Å². The van der Waals surface area contributed by atoms with Crippen LogP contribution in [0.25, 0.3) is 0 Å². The highest BCUT2D eigenvalue weighted by Crippen LogP contribution is 2.06. The monoisotopic (exact) mass is 310 g/mol. The van der Waals surface area contributed by atoms with Crippen LogP contribution in [-0.2, 0) is 24.3 Å². The molecule has 0 radical (unpaired) electrons. The first-order chi connectivity index (χ1) is 9.20. The van der Waals surface area contributed by atoms with E-state index in [1.54, 1.807) is 0 Å². The van der Waals surface area contributed by atoms with Crippen molar-refractivity contribution < 1.29 is 27.9 Å². The maximum Gasteiger partial charge on any atom is 0.303 e. The third-order valence-electron chi connectivity index (χ3n) is 2.54. The lowest BCUT2D eigenvalue weighted by atomic mass is 10.3. The van der Waals surface area contributed by atoms with Crippen molar-refractivity contribution in [3.8, 4) is 0 Å². The zero-order chi connectivity index (χ0) is 15.8. The summed E-state index contributed by atoms with van der Waals surface area (Å²) in [5.74, 6) is -1.69. The van der Waals surface area contributed by atoms with Crippen molar-refractivity contribution in [1.29, 1.82) is 0 Å². The van der Waals surface area contributed by atoms with Crippen LogP contribution in [0.3, 0.4) is 0 Å². The maximum absolute atomic E-state index is 12.1. The van der Waals surface area contributed by atoms with Crippen molar-refractivity contribution in [1.82, 2.24) is 9.21 Å². The largest absolute Gasteiger partial charge is 0.481 e. The molecular weight excluding hydrogens is 288 g/mol. The van der Waals surface area contributed by atoms with Gasteiger partial charge >= 0.3 is 5.97 Å². The molecule has 0 fully saturated rings. The number of carbonyl (C=O) groups excluding carboxylic acids is 1. The average molecular weight is 310 g/mol. The minimum atomic E-state index is -3.68. The van der Waals surface area contributed by atoms with Crippen LogP contribution in [0.15, 0.2) is 0 Å². The van der Waals surface area contributed by atoms with E-state index in [-0.39, 0.29) is 44.2 Å². The molecule has 0 aromatic carbocycles. The molecule has 0 rings (SSSR count). The summed E-state index contributed by atoms with van der Waals surface area (Å²) in [6, 6.07) is 0. The van der Waals surface area contributed by atoms with Crippen molar-refractivity contribution in [2.75, 3.05) is 46.7 Å². The van der Waals surface area contributed by atoms with Gasteiger partial charge in [0.05, 0.1) is 18.9 Å². The first kappa shape index (κ1) is 18.8. The fourth-order valence-electron chi connectivity index (χ4n) is 1.34. The molecule has 0 aliphatic rings. The van der Waals surface area contributed by atoms with Crippen LogP contribution in [0.1, 0.15) is 12.8 Å². The number of carbonyl (C=O) groups is 2. The van der Waals surface area contributed by atoms with E-state index < -0.39 is 16.0 Å². The Balaban J connectivity index is 4.72. The Morgan fingerprint density at radius 2 is 1.85 bits per heavy atom. The predicted molar refractivity (Wildman–Crippen MR) is 72.8 cm³/mol. The van der Waals surface area contributed by atoms with Gasteiger partial charge in [-0.15, -0.1) is 0 Å². The van der Waals surface area contributed by atoms with E-state index in [0.717, 1.165) is 4.31 Å². The summed E-state index contributed by atoms with van der Waals surface area (Å²) >= 11 is 0. The van der Waals surface area contributed by atoms with Gasteiger partial charge in [0.1, 0.15) is 0 Å². The maximum atomic E-state index is 12.1. The highest BCUT2D eigenvalue weighted by Gasteiger charge is 2.24. The number of carboxylic acids is 1. The molecule has 0 saturated carbocycles. The quantitative estimate of drug-likeness (QED) is 0.567. The number of carboxylic acid groups (broad SMARTS) is 1. The molecular formula is C11H22N2O6S. The van der Waals surface area contributed by atoms with Crippen molar-refractivity contribution in [2.45, 2.75) is 12.8 Å². The molecule has 0 bridgehead atoms. The van der Waals surface area contributed by atoms with E-state index >= 15 is 0 Å². The van der Waals surface area contributed by atoms with Crippen LogP contribution in [0.5, 0.6) is 0 Å². The van der Waals surface area contributed by atoms with E-state index in [2.05, 4.69) is 0 Å². The van der Waals surface area contributed by atoms with Gasteiger partial charge < -0.3 is 14.7 Å². The van der Waals surface area contributed by atoms with Crippen LogP contribution in [0.2, 0.25) is 0 Å². The summed E-state index contributed by atoms with van der Waals surface area (Å²) in [6.45, 7) is -0.0455. The third kappa shape index (κ3) is 7.41. The standard InChI is InChI=1S/C11H22N2O6S/c1-12(2)10(14)9-13(6-7-19-3)20(17,18)8-4-5-11(15)16/h4-9H2,1-3H3,(H,15,16). The number of nitrogens with zero attached hydrogens (tertiary/aromatic N) is 2. The van der Waals surface area contributed by atoms with Gasteiger partial charge in [0.25, 0.3) is 0 Å². The van der Waals surface area contributed by atoms with Crippen molar-refractivity contribution in [3.63, 3.8) is 0 Å². The minimum Gasteiger partial charge on any atom is -0.481 e. The van der Waals surface area contributed by atoms with Gasteiger partial charge in [0, 0.05) is 34.2 Å². The highest BCUT2D eigenvalue weighted by molar-refractivity contribution is 7.89. The molecule has 0 aromatic heterocycles. The second-order valence-electron chi connectivity index (χ2n) is 4.43. The van der Waals surface area contributed by atoms with Gasteiger partial charge in [0.2, 0.25) is 15.9 Å². The summed E-state index contributed by atoms with van der Waals surface area (Å²) in [7, 11) is 0.828. The van der Waals surface area contributed by atoms with E-state index in [0.29, 0.717) is 0 Å². The van der Waals surface area contributed by atoms with Crippen molar-refractivity contribution >= 4 is 21.9 Å². The number of amides is 1. The number of aliphatic carboxylic acids is 1. The minimum absolute atomic E-state index is 0.0112. The molecule has 0 atom stereocenters. The van der Waals surface area contributed by atoms with Crippen LogP contribution in [-0.4, -0.2) is 81.3 Å². The van der Waals surface area contributed by atoms with Gasteiger partial charge in [-0.1, -0.05) is 0 Å². The zero-order valence-corrected chi connectivity index (χ0v) is 12.9. The van der Waals surface area contributed by atoms with Gasteiger partial charge in [-0.2, -0.15) is 4.31 Å². The topological polar surface area (TPSA) is 104 Å². The molecule has 0 spiro atoms. The van der Waals surface area contributed by atoms with E-state index in [4.69, 9.17) is 9.84 Å². The normalized spacial score (nSPS) is 11.6. The number of hydrogen-bond donors (Lipinski definition) is 1. The van der Waals surface area contributed by atoms with Crippen LogP contribution in [0.4, 0.5) is 0 Å².